The highest BCUT2D eigenvalue weighted by atomic mass is 32.2. The maximum atomic E-state index is 4.88. The van der Waals surface area contributed by atoms with Crippen LogP contribution in [0.5, 0.6) is 0 Å². The molecule has 1 aliphatic heterocycles. The van der Waals surface area contributed by atoms with Crippen molar-refractivity contribution in [1.82, 2.24) is 29.5 Å². The topological polar surface area (TPSA) is 72.1 Å². The Morgan fingerprint density at radius 1 is 1.03 bits per heavy atom. The van der Waals surface area contributed by atoms with Crippen molar-refractivity contribution in [3.8, 4) is 11.3 Å². The summed E-state index contributed by atoms with van der Waals surface area (Å²) < 4.78 is 1.81. The zero-order valence-electron chi connectivity index (χ0n) is 17.8. The molecule has 4 aromatic rings. The quantitative estimate of drug-likeness (QED) is 0.434. The minimum atomic E-state index is 0.608. The van der Waals surface area contributed by atoms with Crippen LogP contribution in [0.25, 0.3) is 17.0 Å². The van der Waals surface area contributed by atoms with Crippen LogP contribution in [0.2, 0.25) is 0 Å². The van der Waals surface area contributed by atoms with Crippen molar-refractivity contribution in [1.29, 1.82) is 0 Å². The summed E-state index contributed by atoms with van der Waals surface area (Å²) in [4.78, 5) is 20.7. The van der Waals surface area contributed by atoms with Crippen molar-refractivity contribution in [2.45, 2.75) is 37.8 Å². The third-order valence-electron chi connectivity index (χ3n) is 5.83. The van der Waals surface area contributed by atoms with Gasteiger partial charge >= 0.3 is 0 Å². The standard InChI is InChI=1S/C23H25N7S/c1-3-31-23-27-22-25-15-19(16(2)30(22)28-23)20-9-12-24-21(26-20)29-13-10-18(11-14-29)17-7-5-4-6-8-17/h4-9,12,15,18H,3,10-11,13-14H2,1-2H3. The molecule has 0 radical (unpaired) electrons. The number of fused-ring (bicyclic) bond motifs is 1. The lowest BCUT2D eigenvalue weighted by atomic mass is 9.90. The van der Waals surface area contributed by atoms with E-state index in [1.165, 1.54) is 5.56 Å². The van der Waals surface area contributed by atoms with Gasteiger partial charge < -0.3 is 4.90 Å². The van der Waals surface area contributed by atoms with E-state index in [9.17, 15) is 0 Å². The molecular weight excluding hydrogens is 406 g/mol. The smallest absolute Gasteiger partial charge is 0.253 e. The first-order chi connectivity index (χ1) is 15.2. The normalized spacial score (nSPS) is 15.0. The second-order valence-corrected chi connectivity index (χ2v) is 8.94. The summed E-state index contributed by atoms with van der Waals surface area (Å²) in [7, 11) is 0. The molecule has 0 atom stereocenters. The Morgan fingerprint density at radius 3 is 2.61 bits per heavy atom. The van der Waals surface area contributed by atoms with Crippen molar-refractivity contribution in [3.05, 3.63) is 60.0 Å². The highest BCUT2D eigenvalue weighted by molar-refractivity contribution is 7.99. The zero-order valence-corrected chi connectivity index (χ0v) is 18.6. The molecule has 1 aliphatic rings. The third-order valence-corrected chi connectivity index (χ3v) is 6.55. The highest BCUT2D eigenvalue weighted by Gasteiger charge is 2.22. The van der Waals surface area contributed by atoms with Gasteiger partial charge in [0, 0.05) is 31.0 Å². The molecule has 0 spiro atoms. The molecule has 0 N–H and O–H groups in total. The van der Waals surface area contributed by atoms with Crippen LogP contribution < -0.4 is 4.90 Å². The first-order valence-electron chi connectivity index (χ1n) is 10.7. The fraction of sp³-hybridized carbons (Fsp3) is 0.348. The number of rotatable bonds is 5. The number of benzene rings is 1. The molecule has 1 saturated heterocycles. The molecule has 8 heteroatoms. The molecule has 0 unspecified atom stereocenters. The van der Waals surface area contributed by atoms with Crippen LogP contribution in [0.1, 0.15) is 36.9 Å². The SMILES string of the molecule is CCSc1nc2ncc(-c3ccnc(N4CCC(c5ccccc5)CC4)n3)c(C)n2n1. The van der Waals surface area contributed by atoms with Crippen molar-refractivity contribution < 1.29 is 0 Å². The van der Waals surface area contributed by atoms with E-state index in [4.69, 9.17) is 4.98 Å². The van der Waals surface area contributed by atoms with Gasteiger partial charge in [-0.15, -0.1) is 5.10 Å². The molecule has 5 rings (SSSR count). The van der Waals surface area contributed by atoms with E-state index in [0.717, 1.165) is 59.7 Å². The number of aryl methyl sites for hydroxylation is 1. The lowest BCUT2D eigenvalue weighted by molar-refractivity contribution is 0.499. The Hall–Kier alpha value is -3.00. The summed E-state index contributed by atoms with van der Waals surface area (Å²) in [6.45, 7) is 6.04. The van der Waals surface area contributed by atoms with Crippen molar-refractivity contribution in [2.24, 2.45) is 0 Å². The van der Waals surface area contributed by atoms with E-state index in [-0.39, 0.29) is 0 Å². The van der Waals surface area contributed by atoms with Crippen molar-refractivity contribution >= 4 is 23.5 Å². The number of aromatic nitrogens is 6. The second-order valence-electron chi connectivity index (χ2n) is 7.71. The van der Waals surface area contributed by atoms with E-state index >= 15 is 0 Å². The van der Waals surface area contributed by atoms with Crippen molar-refractivity contribution in [2.75, 3.05) is 23.7 Å². The Labute approximate surface area is 186 Å². The van der Waals surface area contributed by atoms with Gasteiger partial charge in [0.05, 0.1) is 11.4 Å². The number of piperidine rings is 1. The molecule has 0 bridgehead atoms. The highest BCUT2D eigenvalue weighted by Crippen LogP contribution is 2.30. The predicted octanol–water partition coefficient (Wildman–Crippen LogP) is 4.39. The Morgan fingerprint density at radius 2 is 1.84 bits per heavy atom. The maximum absolute atomic E-state index is 4.88. The van der Waals surface area contributed by atoms with Gasteiger partial charge in [-0.2, -0.15) is 9.50 Å². The fourth-order valence-corrected chi connectivity index (χ4v) is 4.70. The second kappa shape index (κ2) is 8.63. The lowest BCUT2D eigenvalue weighted by Gasteiger charge is -2.32. The molecule has 1 fully saturated rings. The minimum Gasteiger partial charge on any atom is -0.341 e. The van der Waals surface area contributed by atoms with Crippen LogP contribution >= 0.6 is 11.8 Å². The van der Waals surface area contributed by atoms with Gasteiger partial charge in [-0.05, 0) is 43.1 Å². The van der Waals surface area contributed by atoms with E-state index in [1.807, 2.05) is 25.4 Å². The molecule has 158 valence electrons. The van der Waals surface area contributed by atoms with Crippen LogP contribution in [0.3, 0.4) is 0 Å². The van der Waals surface area contributed by atoms with Gasteiger partial charge in [-0.1, -0.05) is 49.0 Å². The summed E-state index contributed by atoms with van der Waals surface area (Å²) in [5.74, 6) is 2.94. The average Bonchev–Trinajstić information content (AvgIpc) is 3.24. The van der Waals surface area contributed by atoms with E-state index in [2.05, 4.69) is 62.2 Å². The summed E-state index contributed by atoms with van der Waals surface area (Å²) in [6.07, 6.45) is 5.90. The van der Waals surface area contributed by atoms with E-state index in [0.29, 0.717) is 11.7 Å². The molecule has 31 heavy (non-hydrogen) atoms. The summed E-state index contributed by atoms with van der Waals surface area (Å²) in [5, 5.41) is 5.34. The Bertz CT molecular complexity index is 1180. The first-order valence-corrected chi connectivity index (χ1v) is 11.7. The number of hydrogen-bond donors (Lipinski definition) is 0. The van der Waals surface area contributed by atoms with Gasteiger partial charge in [-0.25, -0.2) is 15.0 Å². The molecule has 3 aromatic heterocycles. The molecular formula is C23H25N7S. The van der Waals surface area contributed by atoms with Gasteiger partial charge in [0.25, 0.3) is 5.78 Å². The Kier molecular flexibility index (Phi) is 5.55. The van der Waals surface area contributed by atoms with Crippen LogP contribution in [-0.4, -0.2) is 48.4 Å². The van der Waals surface area contributed by atoms with Crippen LogP contribution in [-0.2, 0) is 0 Å². The number of anilines is 1. The van der Waals surface area contributed by atoms with Crippen LogP contribution in [0.4, 0.5) is 5.95 Å². The molecule has 7 nitrogen and oxygen atoms in total. The summed E-state index contributed by atoms with van der Waals surface area (Å²) in [6, 6.07) is 12.7. The third kappa shape index (κ3) is 3.99. The van der Waals surface area contributed by atoms with Gasteiger partial charge in [0.15, 0.2) is 0 Å². The monoisotopic (exact) mass is 431 g/mol. The van der Waals surface area contributed by atoms with Gasteiger partial charge in [0.2, 0.25) is 11.1 Å². The largest absolute Gasteiger partial charge is 0.341 e. The molecule has 0 saturated carbocycles. The average molecular weight is 432 g/mol. The predicted molar refractivity (Wildman–Crippen MR) is 124 cm³/mol. The zero-order chi connectivity index (χ0) is 21.2. The van der Waals surface area contributed by atoms with E-state index < -0.39 is 0 Å². The number of nitrogens with zero attached hydrogens (tertiary/aromatic N) is 7. The van der Waals surface area contributed by atoms with E-state index in [1.54, 1.807) is 16.3 Å². The number of hydrogen-bond acceptors (Lipinski definition) is 7. The summed E-state index contributed by atoms with van der Waals surface area (Å²) >= 11 is 1.62. The Balaban J connectivity index is 1.38. The first kappa shape index (κ1) is 19.9. The summed E-state index contributed by atoms with van der Waals surface area (Å²) in [5.41, 5.74) is 4.23. The van der Waals surface area contributed by atoms with Crippen LogP contribution in [0.15, 0.2) is 53.9 Å². The molecule has 0 amide bonds. The van der Waals surface area contributed by atoms with Gasteiger partial charge in [-0.3, -0.25) is 0 Å². The van der Waals surface area contributed by atoms with Gasteiger partial charge in [0.1, 0.15) is 0 Å². The molecule has 0 aliphatic carbocycles. The van der Waals surface area contributed by atoms with Crippen LogP contribution in [0, 0.1) is 6.92 Å². The maximum Gasteiger partial charge on any atom is 0.253 e. The molecule has 1 aromatic carbocycles. The lowest BCUT2D eigenvalue weighted by Crippen LogP contribution is -2.34. The fourth-order valence-electron chi connectivity index (χ4n) is 4.15. The van der Waals surface area contributed by atoms with Crippen molar-refractivity contribution in [3.63, 3.8) is 0 Å². The minimum absolute atomic E-state index is 0.608. The molecule has 4 heterocycles. The number of thioether (sulfide) groups is 1.